The first-order valence-corrected chi connectivity index (χ1v) is 18.0. The highest BCUT2D eigenvalue weighted by Crippen LogP contribution is 2.31. The molecule has 5 aromatic rings. The summed E-state index contributed by atoms with van der Waals surface area (Å²) in [6, 6.07) is 22.9. The van der Waals surface area contributed by atoms with Crippen LogP contribution >= 0.6 is 0 Å². The number of aliphatic hydroxyl groups excluding tert-OH is 4. The first-order chi connectivity index (χ1) is 25.1. The molecule has 0 amide bonds. The summed E-state index contributed by atoms with van der Waals surface area (Å²) in [5.41, 5.74) is 1.82. The molecule has 294 valence electrons. The molecule has 0 aliphatic carbocycles. The van der Waals surface area contributed by atoms with E-state index in [1.54, 1.807) is 0 Å². The van der Waals surface area contributed by atoms with E-state index in [0.29, 0.717) is 56.3 Å². The van der Waals surface area contributed by atoms with Gasteiger partial charge >= 0.3 is 0 Å². The van der Waals surface area contributed by atoms with Crippen molar-refractivity contribution < 1.29 is 39.0 Å². The van der Waals surface area contributed by atoms with Crippen molar-refractivity contribution in [3.8, 4) is 23.0 Å². The molecule has 0 spiro atoms. The van der Waals surface area contributed by atoms with Crippen LogP contribution in [0, 0.1) is 0 Å². The zero-order valence-electron chi connectivity index (χ0n) is 30.6. The Bertz CT molecular complexity index is 1770. The lowest BCUT2D eigenvalue weighted by molar-refractivity contribution is -0.703. The Morgan fingerprint density at radius 3 is 1.44 bits per heavy atom. The van der Waals surface area contributed by atoms with Crippen LogP contribution in [0.3, 0.4) is 0 Å². The summed E-state index contributed by atoms with van der Waals surface area (Å²) in [5.74, 6) is 2.57. The number of hydrogen-bond acceptors (Lipinski definition) is 8. The Balaban J connectivity index is 0.00000392. The summed E-state index contributed by atoms with van der Waals surface area (Å²) in [4.78, 5) is 3.99. The van der Waals surface area contributed by atoms with E-state index in [2.05, 4.69) is 0 Å². The fourth-order valence-electron chi connectivity index (χ4n) is 5.89. The molecule has 0 bridgehead atoms. The van der Waals surface area contributed by atoms with E-state index in [-0.39, 0.29) is 27.9 Å². The molecule has 0 saturated heterocycles. The minimum Gasteiger partial charge on any atom is -0.457 e. The number of rotatable bonds is 20. The SMILES string of the molecule is C.C.CCC(O)Cn1cc[n+](CC(O)CN(CC(O)C[n+]2ccn(CC(O)CC)c2)c2cccc(Oc3cccc(Oc4cccc(N(C)C)c4)c3)c2)c1. The smallest absolute Gasteiger partial charge is 0.243 e. The van der Waals surface area contributed by atoms with Gasteiger partial charge in [0.2, 0.25) is 12.7 Å². The number of benzene rings is 3. The highest BCUT2D eigenvalue weighted by Gasteiger charge is 2.22. The van der Waals surface area contributed by atoms with Crippen LogP contribution in [0.5, 0.6) is 23.0 Å². The molecule has 5 rings (SSSR count). The van der Waals surface area contributed by atoms with Gasteiger partial charge in [0.05, 0.1) is 12.2 Å². The lowest BCUT2D eigenvalue weighted by Gasteiger charge is -2.29. The molecule has 4 unspecified atom stereocenters. The van der Waals surface area contributed by atoms with Gasteiger partial charge in [-0.05, 0) is 49.2 Å². The van der Waals surface area contributed by atoms with Crippen molar-refractivity contribution in [3.63, 3.8) is 0 Å². The highest BCUT2D eigenvalue weighted by molar-refractivity contribution is 5.53. The van der Waals surface area contributed by atoms with E-state index in [1.165, 1.54) is 0 Å². The average Bonchev–Trinajstić information content (AvgIpc) is 3.76. The zero-order chi connectivity index (χ0) is 37.0. The quantitative estimate of drug-likeness (QED) is 0.0797. The molecule has 12 nitrogen and oxygen atoms in total. The predicted octanol–water partition coefficient (Wildman–Crippen LogP) is 5.26. The van der Waals surface area contributed by atoms with E-state index in [4.69, 9.17) is 9.47 Å². The summed E-state index contributed by atoms with van der Waals surface area (Å²) in [6.07, 6.45) is 10.2. The van der Waals surface area contributed by atoms with Gasteiger partial charge in [-0.1, -0.05) is 46.9 Å². The van der Waals surface area contributed by atoms with Gasteiger partial charge in [-0.15, -0.1) is 0 Å². The predicted molar refractivity (Wildman–Crippen MR) is 213 cm³/mol. The van der Waals surface area contributed by atoms with Gasteiger partial charge in [0, 0.05) is 56.8 Å². The summed E-state index contributed by atoms with van der Waals surface area (Å²) in [6.45, 7) is 6.02. The largest absolute Gasteiger partial charge is 0.457 e. The molecular weight excluding hydrogens is 684 g/mol. The van der Waals surface area contributed by atoms with Crippen LogP contribution in [0.25, 0.3) is 0 Å². The van der Waals surface area contributed by atoms with Crippen LogP contribution in [0.15, 0.2) is 110 Å². The van der Waals surface area contributed by atoms with E-state index >= 15 is 0 Å². The summed E-state index contributed by atoms with van der Waals surface area (Å²) in [7, 11) is 3.97. The molecule has 4 N–H and O–H groups in total. The minimum absolute atomic E-state index is 0. The van der Waals surface area contributed by atoms with Crippen molar-refractivity contribution in [1.82, 2.24) is 9.13 Å². The van der Waals surface area contributed by atoms with Crippen LogP contribution in [-0.2, 0) is 26.2 Å². The number of nitrogens with zero attached hydrogens (tertiary/aromatic N) is 6. The van der Waals surface area contributed by atoms with Gasteiger partial charge in [-0.2, -0.15) is 0 Å². The Hall–Kier alpha value is -4.88. The lowest BCUT2D eigenvalue weighted by atomic mass is 10.2. The molecule has 4 atom stereocenters. The third-order valence-electron chi connectivity index (χ3n) is 8.78. The summed E-state index contributed by atoms with van der Waals surface area (Å²) >= 11 is 0. The van der Waals surface area contributed by atoms with Crippen LogP contribution in [0.2, 0.25) is 0 Å². The highest BCUT2D eigenvalue weighted by atomic mass is 16.5. The molecule has 12 heteroatoms. The van der Waals surface area contributed by atoms with Crippen LogP contribution in [-0.4, -0.2) is 81.2 Å². The Kier molecular flexibility index (Phi) is 17.0. The fraction of sp³-hybridized carbons (Fsp3) is 0.429. The number of aliphatic hydroxyl groups is 4. The maximum absolute atomic E-state index is 11.3. The van der Waals surface area contributed by atoms with Gasteiger partial charge in [-0.25, -0.2) is 18.3 Å². The van der Waals surface area contributed by atoms with Gasteiger partial charge in [0.1, 0.15) is 86.2 Å². The van der Waals surface area contributed by atoms with Crippen molar-refractivity contribution in [2.24, 2.45) is 0 Å². The zero-order valence-corrected chi connectivity index (χ0v) is 30.6. The Labute approximate surface area is 321 Å². The van der Waals surface area contributed by atoms with Crippen LogP contribution < -0.4 is 28.4 Å². The second-order valence-electron chi connectivity index (χ2n) is 13.5. The monoisotopic (exact) mass is 746 g/mol. The van der Waals surface area contributed by atoms with E-state index in [9.17, 15) is 20.4 Å². The first kappa shape index (κ1) is 43.5. The van der Waals surface area contributed by atoms with E-state index in [0.717, 1.165) is 17.1 Å². The minimum atomic E-state index is -0.766. The third kappa shape index (κ3) is 13.2. The van der Waals surface area contributed by atoms with Crippen LogP contribution in [0.4, 0.5) is 11.4 Å². The topological polar surface area (TPSA) is 123 Å². The van der Waals surface area contributed by atoms with Gasteiger partial charge in [-0.3, -0.25) is 0 Å². The lowest BCUT2D eigenvalue weighted by Crippen LogP contribution is -2.48. The Morgan fingerprint density at radius 2 is 1.00 bits per heavy atom. The maximum atomic E-state index is 11.3. The third-order valence-corrected chi connectivity index (χ3v) is 8.78. The summed E-state index contributed by atoms with van der Waals surface area (Å²) in [5, 5.41) is 42.7. The number of ether oxygens (including phenoxy) is 2. The molecule has 54 heavy (non-hydrogen) atoms. The van der Waals surface area contributed by atoms with Crippen LogP contribution in [0.1, 0.15) is 41.5 Å². The molecule has 2 aromatic heterocycles. The maximum Gasteiger partial charge on any atom is 0.243 e. The molecule has 0 aliphatic heterocycles. The van der Waals surface area contributed by atoms with Crippen molar-refractivity contribution in [2.45, 2.75) is 92.1 Å². The molecule has 0 radical (unpaired) electrons. The van der Waals surface area contributed by atoms with Gasteiger partial charge < -0.3 is 39.7 Å². The van der Waals surface area contributed by atoms with E-state index in [1.807, 2.05) is 166 Å². The molecule has 0 fully saturated rings. The van der Waals surface area contributed by atoms with Gasteiger partial charge in [0.25, 0.3) is 0 Å². The van der Waals surface area contributed by atoms with Crippen molar-refractivity contribution in [2.75, 3.05) is 37.0 Å². The molecule has 3 aromatic carbocycles. The number of hydrogen-bond donors (Lipinski definition) is 4. The second-order valence-corrected chi connectivity index (χ2v) is 13.5. The first-order valence-electron chi connectivity index (χ1n) is 18.0. The molecular formula is C42H62N6O6+2. The van der Waals surface area contributed by atoms with Crippen molar-refractivity contribution in [1.29, 1.82) is 0 Å². The van der Waals surface area contributed by atoms with E-state index < -0.39 is 24.4 Å². The molecule has 0 saturated carbocycles. The second kappa shape index (κ2) is 21.1. The molecule has 0 aliphatic rings. The number of anilines is 2. The van der Waals surface area contributed by atoms with Gasteiger partial charge in [0.15, 0.2) is 0 Å². The molecule has 2 heterocycles. The fourth-order valence-corrected chi connectivity index (χ4v) is 5.89. The standard InChI is InChI=1S/C40H54N6O6.2CH4/c1-5-33(47)23-42-16-18-44(29-42)25-35(49)27-46(28-36(50)26-45-19-17-43(30-45)24-34(48)6-2)32-11-8-13-38(21-32)52-40-15-9-14-39(22-40)51-37-12-7-10-31(20-37)41(3)4;;/h7-22,29-30,33-36,47-50H,5-6,23-28H2,1-4H3;2*1H4/q+2;;. The van der Waals surface area contributed by atoms with Crippen molar-refractivity contribution in [3.05, 3.63) is 110 Å². The Morgan fingerprint density at radius 1 is 0.593 bits per heavy atom. The normalized spacial score (nSPS) is 13.2. The number of imidazole rings is 2. The number of aromatic nitrogens is 4. The average molecular weight is 747 g/mol. The summed E-state index contributed by atoms with van der Waals surface area (Å²) < 4.78 is 20.1. The van der Waals surface area contributed by atoms with Crippen molar-refractivity contribution >= 4 is 11.4 Å².